The van der Waals surface area contributed by atoms with E-state index in [1.165, 1.54) is 12.1 Å². The Morgan fingerprint density at radius 3 is 2.64 bits per heavy atom. The van der Waals surface area contributed by atoms with Crippen molar-refractivity contribution in [1.29, 1.82) is 0 Å². The highest BCUT2D eigenvalue weighted by atomic mass is 19.1. The zero-order chi connectivity index (χ0) is 17.2. The minimum Gasteiger partial charge on any atom is -0.382 e. The molecular formula is C20H20FN3O. The van der Waals surface area contributed by atoms with Crippen LogP contribution in [0.5, 0.6) is 0 Å². The number of nitrogens with one attached hydrogen (secondary N) is 2. The molecule has 0 spiro atoms. The second kappa shape index (κ2) is 6.59. The smallest absolute Gasteiger partial charge is 0.271 e. The van der Waals surface area contributed by atoms with Crippen LogP contribution in [0.2, 0.25) is 0 Å². The van der Waals surface area contributed by atoms with E-state index in [2.05, 4.69) is 15.2 Å². The van der Waals surface area contributed by atoms with E-state index < -0.39 is 0 Å². The maximum absolute atomic E-state index is 13.3. The number of nitrogens with zero attached hydrogens (tertiary/aromatic N) is 1. The first kappa shape index (κ1) is 15.7. The first-order valence-electron chi connectivity index (χ1n) is 8.58. The van der Waals surface area contributed by atoms with Gasteiger partial charge in [-0.05, 0) is 43.2 Å². The number of halogens is 1. The lowest BCUT2D eigenvalue weighted by molar-refractivity contribution is 0.525. The third-order valence-corrected chi connectivity index (χ3v) is 4.76. The number of aromatic amines is 1. The molecule has 0 aliphatic carbocycles. The number of piperidine rings is 1. The average Bonchev–Trinajstić information content (AvgIpc) is 2.62. The van der Waals surface area contributed by atoms with E-state index in [4.69, 9.17) is 0 Å². The Hall–Kier alpha value is -2.82. The van der Waals surface area contributed by atoms with Gasteiger partial charge in [0, 0.05) is 35.7 Å². The first-order valence-corrected chi connectivity index (χ1v) is 8.58. The Bertz CT molecular complexity index is 945. The van der Waals surface area contributed by atoms with Crippen molar-refractivity contribution in [3.8, 4) is 0 Å². The van der Waals surface area contributed by atoms with Crippen LogP contribution in [-0.4, -0.2) is 24.1 Å². The molecule has 1 aliphatic heterocycles. The molecule has 2 heterocycles. The highest BCUT2D eigenvalue weighted by Gasteiger charge is 2.21. The van der Waals surface area contributed by atoms with E-state index in [0.717, 1.165) is 48.2 Å². The molecule has 0 amide bonds. The van der Waals surface area contributed by atoms with Crippen molar-refractivity contribution in [2.24, 2.45) is 0 Å². The quantitative estimate of drug-likeness (QED) is 0.765. The van der Waals surface area contributed by atoms with Crippen molar-refractivity contribution < 1.29 is 4.39 Å². The predicted octanol–water partition coefficient (Wildman–Crippen LogP) is 3.75. The minimum absolute atomic E-state index is 0.0461. The van der Waals surface area contributed by atoms with Crippen LogP contribution < -0.4 is 15.8 Å². The van der Waals surface area contributed by atoms with Gasteiger partial charge in [-0.1, -0.05) is 24.3 Å². The maximum atomic E-state index is 13.3. The number of aromatic nitrogens is 1. The van der Waals surface area contributed by atoms with Crippen LogP contribution >= 0.6 is 0 Å². The minimum atomic E-state index is -0.231. The Kier molecular flexibility index (Phi) is 4.14. The van der Waals surface area contributed by atoms with Gasteiger partial charge in [0.25, 0.3) is 5.56 Å². The number of para-hydroxylation sites is 1. The van der Waals surface area contributed by atoms with Crippen molar-refractivity contribution in [3.05, 3.63) is 70.8 Å². The van der Waals surface area contributed by atoms with E-state index in [0.29, 0.717) is 0 Å². The number of H-pyrrole nitrogens is 1. The van der Waals surface area contributed by atoms with Gasteiger partial charge in [0.15, 0.2) is 0 Å². The van der Waals surface area contributed by atoms with E-state index in [1.54, 1.807) is 6.07 Å². The molecule has 0 saturated carbocycles. The Morgan fingerprint density at radius 2 is 1.84 bits per heavy atom. The van der Waals surface area contributed by atoms with Crippen LogP contribution in [0.3, 0.4) is 0 Å². The lowest BCUT2D eigenvalue weighted by Crippen LogP contribution is -2.41. The summed E-state index contributed by atoms with van der Waals surface area (Å²) in [6, 6.07) is 16.6. The number of benzene rings is 2. The topological polar surface area (TPSA) is 48.1 Å². The number of rotatable bonds is 3. The standard InChI is InChI=1S/C20H20FN3O/c21-15-5-3-6-17(13-15)22-16-8-10-24(11-9-16)19-12-14-4-1-2-7-18(14)23-20(19)25/h1-7,12-13,16,22H,8-11H2,(H,23,25). The van der Waals surface area contributed by atoms with Gasteiger partial charge in [-0.15, -0.1) is 0 Å². The summed E-state index contributed by atoms with van der Waals surface area (Å²) >= 11 is 0. The van der Waals surface area contributed by atoms with Gasteiger partial charge in [0.05, 0.1) is 0 Å². The van der Waals surface area contributed by atoms with Crippen molar-refractivity contribution in [2.45, 2.75) is 18.9 Å². The molecule has 5 heteroatoms. The summed E-state index contributed by atoms with van der Waals surface area (Å²) in [7, 11) is 0. The van der Waals surface area contributed by atoms with Crippen LogP contribution in [0.15, 0.2) is 59.4 Å². The molecule has 4 rings (SSSR count). The average molecular weight is 337 g/mol. The molecular weight excluding hydrogens is 317 g/mol. The third-order valence-electron chi connectivity index (χ3n) is 4.76. The molecule has 1 saturated heterocycles. The van der Waals surface area contributed by atoms with E-state index in [1.807, 2.05) is 36.4 Å². The fourth-order valence-corrected chi connectivity index (χ4v) is 3.45. The molecule has 25 heavy (non-hydrogen) atoms. The number of fused-ring (bicyclic) bond motifs is 1. The van der Waals surface area contributed by atoms with Crippen LogP contribution in [0.25, 0.3) is 10.9 Å². The SMILES string of the molecule is O=c1[nH]c2ccccc2cc1N1CCC(Nc2cccc(F)c2)CC1. The van der Waals surface area contributed by atoms with E-state index >= 15 is 0 Å². The Balaban J connectivity index is 1.47. The Labute approximate surface area is 145 Å². The van der Waals surface area contributed by atoms with Crippen LogP contribution in [0, 0.1) is 5.82 Å². The van der Waals surface area contributed by atoms with Gasteiger partial charge in [0.1, 0.15) is 11.5 Å². The van der Waals surface area contributed by atoms with E-state index in [9.17, 15) is 9.18 Å². The molecule has 3 aromatic rings. The molecule has 2 N–H and O–H groups in total. The zero-order valence-electron chi connectivity index (χ0n) is 13.8. The predicted molar refractivity (Wildman–Crippen MR) is 99.8 cm³/mol. The second-order valence-corrected chi connectivity index (χ2v) is 6.49. The normalized spacial score (nSPS) is 15.5. The summed E-state index contributed by atoms with van der Waals surface area (Å²) < 4.78 is 13.3. The fraction of sp³-hybridized carbons (Fsp3) is 0.250. The largest absolute Gasteiger partial charge is 0.382 e. The molecule has 0 bridgehead atoms. The fourth-order valence-electron chi connectivity index (χ4n) is 3.45. The Morgan fingerprint density at radius 1 is 1.04 bits per heavy atom. The summed E-state index contributed by atoms with van der Waals surface area (Å²) in [5.41, 5.74) is 2.35. The third kappa shape index (κ3) is 3.36. The van der Waals surface area contributed by atoms with Crippen molar-refractivity contribution >= 4 is 22.3 Å². The molecule has 0 atom stereocenters. The van der Waals surface area contributed by atoms with Crippen molar-refractivity contribution in [3.63, 3.8) is 0 Å². The van der Waals surface area contributed by atoms with Gasteiger partial charge < -0.3 is 15.2 Å². The first-order chi connectivity index (χ1) is 12.2. The molecule has 2 aromatic carbocycles. The summed E-state index contributed by atoms with van der Waals surface area (Å²) in [4.78, 5) is 17.5. The maximum Gasteiger partial charge on any atom is 0.271 e. The lowest BCUT2D eigenvalue weighted by Gasteiger charge is -2.34. The van der Waals surface area contributed by atoms with Crippen molar-refractivity contribution in [1.82, 2.24) is 4.98 Å². The molecule has 0 unspecified atom stereocenters. The molecule has 1 fully saturated rings. The van der Waals surface area contributed by atoms with Gasteiger partial charge in [-0.25, -0.2) is 4.39 Å². The van der Waals surface area contributed by atoms with Gasteiger partial charge in [-0.3, -0.25) is 4.79 Å². The van der Waals surface area contributed by atoms with Gasteiger partial charge in [0.2, 0.25) is 0 Å². The summed E-state index contributed by atoms with van der Waals surface area (Å²) in [5.74, 6) is -0.231. The number of pyridine rings is 1. The number of hydrogen-bond donors (Lipinski definition) is 2. The van der Waals surface area contributed by atoms with E-state index in [-0.39, 0.29) is 17.4 Å². The number of hydrogen-bond acceptors (Lipinski definition) is 3. The lowest BCUT2D eigenvalue weighted by atomic mass is 10.0. The van der Waals surface area contributed by atoms with Gasteiger partial charge >= 0.3 is 0 Å². The summed E-state index contributed by atoms with van der Waals surface area (Å²) in [5, 5.41) is 4.42. The number of anilines is 2. The molecule has 4 nitrogen and oxygen atoms in total. The van der Waals surface area contributed by atoms with Gasteiger partial charge in [-0.2, -0.15) is 0 Å². The molecule has 1 aromatic heterocycles. The van der Waals surface area contributed by atoms with Crippen LogP contribution in [0.4, 0.5) is 15.8 Å². The highest BCUT2D eigenvalue weighted by Crippen LogP contribution is 2.22. The van der Waals surface area contributed by atoms with Crippen molar-refractivity contribution in [2.75, 3.05) is 23.3 Å². The summed E-state index contributed by atoms with van der Waals surface area (Å²) in [6.07, 6.45) is 1.81. The summed E-state index contributed by atoms with van der Waals surface area (Å²) in [6.45, 7) is 1.60. The molecule has 1 aliphatic rings. The molecule has 0 radical (unpaired) electrons. The second-order valence-electron chi connectivity index (χ2n) is 6.49. The zero-order valence-corrected chi connectivity index (χ0v) is 13.8. The highest BCUT2D eigenvalue weighted by molar-refractivity contribution is 5.81. The van der Waals surface area contributed by atoms with Crippen LogP contribution in [0.1, 0.15) is 12.8 Å². The van der Waals surface area contributed by atoms with Crippen LogP contribution in [-0.2, 0) is 0 Å². The molecule has 128 valence electrons. The monoisotopic (exact) mass is 337 g/mol.